The molecule has 0 unspecified atom stereocenters. The van der Waals surface area contributed by atoms with Gasteiger partial charge in [-0.05, 0) is 49.2 Å². The van der Waals surface area contributed by atoms with Gasteiger partial charge in [-0.3, -0.25) is 14.4 Å². The zero-order valence-electron chi connectivity index (χ0n) is 19.6. The Kier molecular flexibility index (Phi) is 6.67. The summed E-state index contributed by atoms with van der Waals surface area (Å²) in [7, 11) is 0. The molecule has 9 heteroatoms. The average Bonchev–Trinajstić information content (AvgIpc) is 3.16. The van der Waals surface area contributed by atoms with Crippen molar-refractivity contribution >= 4 is 35.0 Å². The molecule has 2 aromatic carbocycles. The van der Waals surface area contributed by atoms with E-state index in [2.05, 4.69) is 4.90 Å². The van der Waals surface area contributed by atoms with E-state index in [0.717, 1.165) is 5.69 Å². The monoisotopic (exact) mass is 496 g/mol. The number of anilines is 1. The van der Waals surface area contributed by atoms with Crippen molar-refractivity contribution in [2.75, 3.05) is 57.5 Å². The molecule has 3 heterocycles. The SMILES string of the molecule is O=C(CN1CN(c2ccccc2)C2(CCN(C(=O)c3ccc(Cl)cc3)CC2)C1=O)N1CCOCC1. The molecular weight excluding hydrogens is 468 g/mol. The van der Waals surface area contributed by atoms with E-state index in [4.69, 9.17) is 16.3 Å². The minimum Gasteiger partial charge on any atom is -0.378 e. The molecule has 0 aliphatic carbocycles. The van der Waals surface area contributed by atoms with Crippen LogP contribution in [-0.4, -0.2) is 90.6 Å². The second-order valence-corrected chi connectivity index (χ2v) is 9.67. The maximum Gasteiger partial charge on any atom is 0.253 e. The summed E-state index contributed by atoms with van der Waals surface area (Å²) in [6.07, 6.45) is 1.00. The number of carbonyl (C=O) groups is 3. The predicted molar refractivity (Wildman–Crippen MR) is 132 cm³/mol. The van der Waals surface area contributed by atoms with E-state index in [-0.39, 0.29) is 24.3 Å². The molecule has 0 radical (unpaired) electrons. The van der Waals surface area contributed by atoms with Crippen LogP contribution in [0.2, 0.25) is 5.02 Å². The van der Waals surface area contributed by atoms with E-state index in [0.29, 0.717) is 69.5 Å². The quantitative estimate of drug-likeness (QED) is 0.650. The summed E-state index contributed by atoms with van der Waals surface area (Å²) >= 11 is 5.97. The summed E-state index contributed by atoms with van der Waals surface area (Å²) in [5, 5.41) is 0.584. The van der Waals surface area contributed by atoms with Gasteiger partial charge in [-0.1, -0.05) is 29.8 Å². The number of halogens is 1. The number of para-hydroxylation sites is 1. The Morgan fingerprint density at radius 3 is 2.20 bits per heavy atom. The van der Waals surface area contributed by atoms with Crippen LogP contribution in [0.15, 0.2) is 54.6 Å². The molecule has 0 aromatic heterocycles. The Hall–Kier alpha value is -3.10. The van der Waals surface area contributed by atoms with Gasteiger partial charge >= 0.3 is 0 Å². The molecule has 1 spiro atoms. The molecule has 35 heavy (non-hydrogen) atoms. The fraction of sp³-hybridized carbons (Fsp3) is 0.423. The van der Waals surface area contributed by atoms with E-state index in [1.807, 2.05) is 30.3 Å². The van der Waals surface area contributed by atoms with Crippen LogP contribution >= 0.6 is 11.6 Å². The maximum atomic E-state index is 13.8. The number of rotatable bonds is 4. The molecule has 3 saturated heterocycles. The number of benzene rings is 2. The second kappa shape index (κ2) is 9.87. The van der Waals surface area contributed by atoms with Crippen LogP contribution in [0.5, 0.6) is 0 Å². The third-order valence-corrected chi connectivity index (χ3v) is 7.49. The number of likely N-dealkylation sites (tertiary alicyclic amines) is 1. The Balaban J connectivity index is 1.34. The molecule has 0 atom stereocenters. The van der Waals surface area contributed by atoms with Crippen molar-refractivity contribution in [2.24, 2.45) is 0 Å². The number of piperidine rings is 1. The van der Waals surface area contributed by atoms with Crippen LogP contribution in [0.3, 0.4) is 0 Å². The number of morpholine rings is 1. The molecule has 3 amide bonds. The first-order chi connectivity index (χ1) is 17.0. The van der Waals surface area contributed by atoms with Gasteiger partial charge in [0.2, 0.25) is 5.91 Å². The minimum absolute atomic E-state index is 0.0402. The van der Waals surface area contributed by atoms with Crippen LogP contribution in [0.4, 0.5) is 5.69 Å². The Labute approximate surface area is 210 Å². The standard InChI is InChI=1S/C26H29ClN4O4/c27-21-8-6-20(7-9-21)24(33)29-12-10-26(11-13-29)25(34)30(18-23(32)28-14-16-35-17-15-28)19-31(26)22-4-2-1-3-5-22/h1-9H,10-19H2. The van der Waals surface area contributed by atoms with E-state index in [1.54, 1.807) is 39.0 Å². The van der Waals surface area contributed by atoms with Crippen molar-refractivity contribution in [3.8, 4) is 0 Å². The summed E-state index contributed by atoms with van der Waals surface area (Å²) in [5.74, 6) is -0.156. The van der Waals surface area contributed by atoms with Crippen LogP contribution in [0.25, 0.3) is 0 Å². The minimum atomic E-state index is -0.774. The van der Waals surface area contributed by atoms with Crippen molar-refractivity contribution < 1.29 is 19.1 Å². The predicted octanol–water partition coefficient (Wildman–Crippen LogP) is 2.48. The highest BCUT2D eigenvalue weighted by molar-refractivity contribution is 6.30. The lowest BCUT2D eigenvalue weighted by Gasteiger charge is -2.43. The summed E-state index contributed by atoms with van der Waals surface area (Å²) < 4.78 is 5.35. The second-order valence-electron chi connectivity index (χ2n) is 9.23. The van der Waals surface area contributed by atoms with Crippen molar-refractivity contribution in [1.29, 1.82) is 0 Å². The van der Waals surface area contributed by atoms with Gasteiger partial charge in [0.15, 0.2) is 0 Å². The molecule has 8 nitrogen and oxygen atoms in total. The Morgan fingerprint density at radius 1 is 0.886 bits per heavy atom. The molecular formula is C26H29ClN4O4. The molecule has 0 saturated carbocycles. The van der Waals surface area contributed by atoms with Gasteiger partial charge < -0.3 is 24.3 Å². The molecule has 3 aliphatic heterocycles. The van der Waals surface area contributed by atoms with Crippen LogP contribution in [-0.2, 0) is 14.3 Å². The van der Waals surface area contributed by atoms with Crippen LogP contribution < -0.4 is 4.90 Å². The van der Waals surface area contributed by atoms with Gasteiger partial charge in [-0.25, -0.2) is 0 Å². The van der Waals surface area contributed by atoms with E-state index in [9.17, 15) is 14.4 Å². The van der Waals surface area contributed by atoms with Crippen LogP contribution in [0, 0.1) is 0 Å². The number of ether oxygens (including phenoxy) is 1. The molecule has 5 rings (SSSR count). The zero-order valence-corrected chi connectivity index (χ0v) is 20.3. The highest BCUT2D eigenvalue weighted by atomic mass is 35.5. The largest absolute Gasteiger partial charge is 0.378 e. The van der Waals surface area contributed by atoms with Gasteiger partial charge in [0, 0.05) is 42.5 Å². The lowest BCUT2D eigenvalue weighted by molar-refractivity contribution is -0.143. The number of hydrogen-bond donors (Lipinski definition) is 0. The summed E-state index contributed by atoms with van der Waals surface area (Å²) in [6.45, 7) is 3.48. The number of carbonyl (C=O) groups excluding carboxylic acids is 3. The van der Waals surface area contributed by atoms with Crippen LogP contribution in [0.1, 0.15) is 23.2 Å². The summed E-state index contributed by atoms with van der Waals surface area (Å²) in [6, 6.07) is 16.7. The third kappa shape index (κ3) is 4.60. The van der Waals surface area contributed by atoms with E-state index >= 15 is 0 Å². The molecule has 0 bridgehead atoms. The van der Waals surface area contributed by atoms with Gasteiger partial charge in [-0.2, -0.15) is 0 Å². The van der Waals surface area contributed by atoms with E-state index < -0.39 is 5.54 Å². The zero-order chi connectivity index (χ0) is 24.4. The summed E-state index contributed by atoms with van der Waals surface area (Å²) in [5.41, 5.74) is 0.754. The highest BCUT2D eigenvalue weighted by Gasteiger charge is 2.54. The first-order valence-corrected chi connectivity index (χ1v) is 12.4. The third-order valence-electron chi connectivity index (χ3n) is 7.24. The normalized spacial score (nSPS) is 20.0. The first-order valence-electron chi connectivity index (χ1n) is 12.0. The van der Waals surface area contributed by atoms with Gasteiger partial charge in [0.1, 0.15) is 12.1 Å². The average molecular weight is 497 g/mol. The fourth-order valence-electron chi connectivity index (χ4n) is 5.25. The van der Waals surface area contributed by atoms with Crippen molar-refractivity contribution in [3.05, 3.63) is 65.2 Å². The van der Waals surface area contributed by atoms with Gasteiger partial charge in [0.05, 0.1) is 19.9 Å². The fourth-order valence-corrected chi connectivity index (χ4v) is 5.38. The maximum absolute atomic E-state index is 13.8. The highest BCUT2D eigenvalue weighted by Crippen LogP contribution is 2.39. The lowest BCUT2D eigenvalue weighted by atomic mass is 9.85. The molecule has 3 aliphatic rings. The topological polar surface area (TPSA) is 73.4 Å². The molecule has 3 fully saturated rings. The van der Waals surface area contributed by atoms with Crippen molar-refractivity contribution in [1.82, 2.24) is 14.7 Å². The van der Waals surface area contributed by atoms with Crippen molar-refractivity contribution in [2.45, 2.75) is 18.4 Å². The number of amides is 3. The van der Waals surface area contributed by atoms with Crippen molar-refractivity contribution in [3.63, 3.8) is 0 Å². The molecule has 2 aromatic rings. The van der Waals surface area contributed by atoms with Gasteiger partial charge in [-0.15, -0.1) is 0 Å². The summed E-state index contributed by atoms with van der Waals surface area (Å²) in [4.78, 5) is 47.2. The smallest absolute Gasteiger partial charge is 0.253 e. The van der Waals surface area contributed by atoms with E-state index in [1.165, 1.54) is 0 Å². The first kappa shape index (κ1) is 23.6. The molecule has 0 N–H and O–H groups in total. The lowest BCUT2D eigenvalue weighted by Crippen LogP contribution is -2.57. The number of nitrogens with zero attached hydrogens (tertiary/aromatic N) is 4. The number of hydrogen-bond acceptors (Lipinski definition) is 5. The Bertz CT molecular complexity index is 1080. The van der Waals surface area contributed by atoms with Gasteiger partial charge in [0.25, 0.3) is 11.8 Å². The Morgan fingerprint density at radius 2 is 1.54 bits per heavy atom. The molecule has 184 valence electrons.